The SMILES string of the molecule is CCOc1nc(Cl)nc(N2CCc3ccccc3CC2)n1. The van der Waals surface area contributed by atoms with Crippen molar-refractivity contribution in [3.05, 3.63) is 40.7 Å². The van der Waals surface area contributed by atoms with Gasteiger partial charge in [-0.25, -0.2) is 0 Å². The summed E-state index contributed by atoms with van der Waals surface area (Å²) in [6.45, 7) is 4.12. The maximum Gasteiger partial charge on any atom is 0.322 e. The summed E-state index contributed by atoms with van der Waals surface area (Å²) in [7, 11) is 0. The molecule has 5 nitrogen and oxygen atoms in total. The van der Waals surface area contributed by atoms with E-state index >= 15 is 0 Å². The molecule has 0 saturated carbocycles. The lowest BCUT2D eigenvalue weighted by molar-refractivity contribution is 0.311. The van der Waals surface area contributed by atoms with Crippen LogP contribution in [0.15, 0.2) is 24.3 Å². The highest BCUT2D eigenvalue weighted by Crippen LogP contribution is 2.20. The van der Waals surface area contributed by atoms with Gasteiger partial charge in [0.15, 0.2) is 0 Å². The topological polar surface area (TPSA) is 51.1 Å². The first-order valence-electron chi connectivity index (χ1n) is 7.12. The fourth-order valence-electron chi connectivity index (χ4n) is 2.52. The second-order valence-corrected chi connectivity index (χ2v) is 5.21. The summed E-state index contributed by atoms with van der Waals surface area (Å²) < 4.78 is 5.34. The maximum atomic E-state index is 5.97. The Morgan fingerprint density at radius 3 is 2.38 bits per heavy atom. The molecule has 0 bridgehead atoms. The van der Waals surface area contributed by atoms with Gasteiger partial charge in [-0.15, -0.1) is 0 Å². The van der Waals surface area contributed by atoms with Crippen molar-refractivity contribution >= 4 is 17.5 Å². The van der Waals surface area contributed by atoms with Gasteiger partial charge in [-0.1, -0.05) is 24.3 Å². The minimum Gasteiger partial charge on any atom is -0.464 e. The van der Waals surface area contributed by atoms with Crippen LogP contribution in [0.25, 0.3) is 0 Å². The fraction of sp³-hybridized carbons (Fsp3) is 0.400. The van der Waals surface area contributed by atoms with E-state index in [1.807, 2.05) is 6.92 Å². The van der Waals surface area contributed by atoms with Gasteiger partial charge in [-0.2, -0.15) is 15.0 Å². The van der Waals surface area contributed by atoms with Gasteiger partial charge in [0.1, 0.15) is 0 Å². The Bertz CT molecular complexity index is 608. The van der Waals surface area contributed by atoms with Gasteiger partial charge in [0.25, 0.3) is 0 Å². The molecule has 6 heteroatoms. The first-order chi connectivity index (χ1) is 10.3. The first-order valence-corrected chi connectivity index (χ1v) is 7.50. The van der Waals surface area contributed by atoms with Crippen LogP contribution in [-0.4, -0.2) is 34.6 Å². The lowest BCUT2D eigenvalue weighted by Crippen LogP contribution is -2.28. The van der Waals surface area contributed by atoms with E-state index in [1.165, 1.54) is 11.1 Å². The molecule has 0 saturated heterocycles. The number of hydrogen-bond donors (Lipinski definition) is 0. The highest BCUT2D eigenvalue weighted by Gasteiger charge is 2.17. The largest absolute Gasteiger partial charge is 0.464 e. The minimum atomic E-state index is 0.171. The third-order valence-electron chi connectivity index (χ3n) is 3.55. The van der Waals surface area contributed by atoms with Gasteiger partial charge in [0, 0.05) is 13.1 Å². The third-order valence-corrected chi connectivity index (χ3v) is 3.72. The summed E-state index contributed by atoms with van der Waals surface area (Å²) >= 11 is 5.97. The summed E-state index contributed by atoms with van der Waals surface area (Å²) in [4.78, 5) is 14.7. The van der Waals surface area contributed by atoms with Gasteiger partial charge in [0.05, 0.1) is 6.61 Å². The number of anilines is 1. The average molecular weight is 305 g/mol. The van der Waals surface area contributed by atoms with Crippen LogP contribution in [0.5, 0.6) is 6.01 Å². The van der Waals surface area contributed by atoms with E-state index in [4.69, 9.17) is 16.3 Å². The van der Waals surface area contributed by atoms with Crippen LogP contribution in [0.3, 0.4) is 0 Å². The van der Waals surface area contributed by atoms with Crippen molar-refractivity contribution in [1.82, 2.24) is 15.0 Å². The average Bonchev–Trinajstić information content (AvgIpc) is 2.69. The van der Waals surface area contributed by atoms with Crippen molar-refractivity contribution in [2.75, 3.05) is 24.6 Å². The second-order valence-electron chi connectivity index (χ2n) is 4.88. The van der Waals surface area contributed by atoms with E-state index in [9.17, 15) is 0 Å². The molecule has 1 aromatic carbocycles. The van der Waals surface area contributed by atoms with Crippen LogP contribution in [0.4, 0.5) is 5.95 Å². The summed E-state index contributed by atoms with van der Waals surface area (Å²) in [6, 6.07) is 8.83. The first kappa shape index (κ1) is 14.1. The van der Waals surface area contributed by atoms with Crippen molar-refractivity contribution in [2.24, 2.45) is 0 Å². The van der Waals surface area contributed by atoms with E-state index in [2.05, 4.69) is 44.1 Å². The molecule has 0 atom stereocenters. The van der Waals surface area contributed by atoms with Crippen molar-refractivity contribution in [1.29, 1.82) is 0 Å². The van der Waals surface area contributed by atoms with Crippen LogP contribution in [0, 0.1) is 0 Å². The van der Waals surface area contributed by atoms with E-state index in [1.54, 1.807) is 0 Å². The van der Waals surface area contributed by atoms with Crippen LogP contribution in [0.1, 0.15) is 18.1 Å². The molecule has 0 amide bonds. The van der Waals surface area contributed by atoms with Gasteiger partial charge < -0.3 is 9.64 Å². The highest BCUT2D eigenvalue weighted by atomic mass is 35.5. The lowest BCUT2D eigenvalue weighted by Gasteiger charge is -2.20. The molecule has 0 spiro atoms. The molecule has 0 unspecified atom stereocenters. The van der Waals surface area contributed by atoms with Crippen molar-refractivity contribution in [3.8, 4) is 6.01 Å². The highest BCUT2D eigenvalue weighted by molar-refractivity contribution is 6.28. The van der Waals surface area contributed by atoms with E-state index in [-0.39, 0.29) is 11.3 Å². The minimum absolute atomic E-state index is 0.171. The molecule has 21 heavy (non-hydrogen) atoms. The number of benzene rings is 1. The fourth-order valence-corrected chi connectivity index (χ4v) is 2.67. The second kappa shape index (κ2) is 6.26. The van der Waals surface area contributed by atoms with Crippen LogP contribution < -0.4 is 9.64 Å². The molecule has 2 aromatic rings. The summed E-state index contributed by atoms with van der Waals surface area (Å²) in [5.41, 5.74) is 2.79. The molecule has 1 aliphatic rings. The number of nitrogens with zero attached hydrogens (tertiary/aromatic N) is 4. The third kappa shape index (κ3) is 3.24. The van der Waals surface area contributed by atoms with Crippen molar-refractivity contribution in [2.45, 2.75) is 19.8 Å². The predicted octanol–water partition coefficient (Wildman–Crippen LogP) is 2.53. The van der Waals surface area contributed by atoms with Crippen molar-refractivity contribution in [3.63, 3.8) is 0 Å². The Labute approximate surface area is 129 Å². The Morgan fingerprint density at radius 1 is 1.10 bits per heavy atom. The zero-order valence-corrected chi connectivity index (χ0v) is 12.7. The summed E-state index contributed by atoms with van der Waals surface area (Å²) in [5, 5.41) is 0.171. The molecule has 0 aliphatic carbocycles. The zero-order chi connectivity index (χ0) is 14.7. The van der Waals surface area contributed by atoms with Gasteiger partial charge in [-0.3, -0.25) is 0 Å². The van der Waals surface area contributed by atoms with Crippen LogP contribution in [-0.2, 0) is 12.8 Å². The number of ether oxygens (including phenoxy) is 1. The molecule has 2 heterocycles. The van der Waals surface area contributed by atoms with Crippen molar-refractivity contribution < 1.29 is 4.74 Å². The molecule has 0 N–H and O–H groups in total. The Balaban J connectivity index is 1.82. The van der Waals surface area contributed by atoms with Gasteiger partial charge >= 0.3 is 6.01 Å². The van der Waals surface area contributed by atoms with Crippen LogP contribution >= 0.6 is 11.6 Å². The quantitative estimate of drug-likeness (QED) is 0.872. The standard InChI is InChI=1S/C15H17ClN4O/c1-2-21-15-18-13(16)17-14(19-15)20-9-7-11-5-3-4-6-12(11)8-10-20/h3-6H,2,7-10H2,1H3. The number of halogens is 1. The monoisotopic (exact) mass is 304 g/mol. The molecule has 0 fully saturated rings. The summed E-state index contributed by atoms with van der Waals surface area (Å²) in [5.74, 6) is 0.589. The number of hydrogen-bond acceptors (Lipinski definition) is 5. The van der Waals surface area contributed by atoms with E-state index < -0.39 is 0 Å². The van der Waals surface area contributed by atoms with E-state index in [0.717, 1.165) is 25.9 Å². The number of rotatable bonds is 3. The Kier molecular flexibility index (Phi) is 4.20. The lowest BCUT2D eigenvalue weighted by atomic mass is 10.0. The molecule has 1 aromatic heterocycles. The number of aromatic nitrogens is 3. The van der Waals surface area contributed by atoms with Gasteiger partial charge in [-0.05, 0) is 42.5 Å². The van der Waals surface area contributed by atoms with E-state index in [0.29, 0.717) is 12.6 Å². The Morgan fingerprint density at radius 2 is 1.76 bits per heavy atom. The molecular formula is C15H17ClN4O. The van der Waals surface area contributed by atoms with Crippen LogP contribution in [0.2, 0.25) is 5.28 Å². The maximum absolute atomic E-state index is 5.97. The zero-order valence-electron chi connectivity index (χ0n) is 11.9. The molecule has 110 valence electrons. The smallest absolute Gasteiger partial charge is 0.322 e. The predicted molar refractivity (Wildman–Crippen MR) is 82.1 cm³/mol. The molecule has 3 rings (SSSR count). The van der Waals surface area contributed by atoms with Gasteiger partial charge in [0.2, 0.25) is 11.2 Å². The normalized spacial score (nSPS) is 14.5. The Hall–Kier alpha value is -1.88. The summed E-state index contributed by atoms with van der Waals surface area (Å²) in [6.07, 6.45) is 1.95. The number of fused-ring (bicyclic) bond motifs is 1. The molecule has 0 radical (unpaired) electrons. The molecular weight excluding hydrogens is 288 g/mol. The molecule has 1 aliphatic heterocycles.